The molecule has 0 spiro atoms. The first kappa shape index (κ1) is 24.2. The topological polar surface area (TPSA) is 67.9 Å². The number of nitrogens with zero attached hydrogens (tertiary/aromatic N) is 3. The van der Waals surface area contributed by atoms with Gasteiger partial charge in [-0.05, 0) is 56.7 Å². The molecule has 1 aromatic carbocycles. The van der Waals surface area contributed by atoms with Crippen LogP contribution in [0.3, 0.4) is 0 Å². The summed E-state index contributed by atoms with van der Waals surface area (Å²) in [5.74, 6) is -1.45. The van der Waals surface area contributed by atoms with E-state index in [9.17, 15) is 14.0 Å². The highest BCUT2D eigenvalue weighted by molar-refractivity contribution is 7.10. The van der Waals surface area contributed by atoms with Gasteiger partial charge in [-0.3, -0.25) is 14.5 Å². The molecule has 2 atom stereocenters. The third-order valence-corrected chi connectivity index (χ3v) is 6.56. The van der Waals surface area contributed by atoms with Crippen molar-refractivity contribution in [3.05, 3.63) is 52.5 Å². The van der Waals surface area contributed by atoms with Crippen molar-refractivity contribution in [3.63, 3.8) is 0 Å². The van der Waals surface area contributed by atoms with E-state index in [1.54, 1.807) is 23.5 Å². The van der Waals surface area contributed by atoms with Crippen LogP contribution in [0.15, 0.2) is 41.8 Å². The molecular formula is C23H32FN5O2S. The molecule has 7 nitrogen and oxygen atoms in total. The highest BCUT2D eigenvalue weighted by Crippen LogP contribution is 2.30. The molecular weight excluding hydrogens is 429 g/mol. The molecule has 0 saturated carbocycles. The lowest BCUT2D eigenvalue weighted by molar-refractivity contribution is -0.139. The summed E-state index contributed by atoms with van der Waals surface area (Å²) in [6.45, 7) is 6.25. The van der Waals surface area contributed by atoms with Crippen molar-refractivity contribution in [3.8, 4) is 0 Å². The molecule has 0 aliphatic carbocycles. The number of carbonyl (C=O) groups excluding carboxylic acids is 2. The van der Waals surface area contributed by atoms with Crippen molar-refractivity contribution in [2.45, 2.75) is 19.0 Å². The summed E-state index contributed by atoms with van der Waals surface area (Å²) in [6.07, 6.45) is 0. The Bertz CT molecular complexity index is 867. The van der Waals surface area contributed by atoms with E-state index in [0.717, 1.165) is 36.7 Å². The number of anilines is 1. The van der Waals surface area contributed by atoms with Gasteiger partial charge in [0.1, 0.15) is 5.82 Å². The fraction of sp³-hybridized carbons (Fsp3) is 0.478. The van der Waals surface area contributed by atoms with Gasteiger partial charge in [0.05, 0.1) is 6.04 Å². The molecule has 1 aliphatic rings. The smallest absolute Gasteiger partial charge is 0.309 e. The van der Waals surface area contributed by atoms with Crippen LogP contribution in [-0.2, 0) is 9.59 Å². The maximum absolute atomic E-state index is 13.2. The molecule has 0 bridgehead atoms. The Morgan fingerprint density at radius 1 is 1.09 bits per heavy atom. The summed E-state index contributed by atoms with van der Waals surface area (Å²) < 4.78 is 13.2. The molecule has 1 saturated heterocycles. The summed E-state index contributed by atoms with van der Waals surface area (Å²) in [6, 6.07) is 10.4. The average molecular weight is 462 g/mol. The zero-order valence-electron chi connectivity index (χ0n) is 18.9. The first-order chi connectivity index (χ1) is 15.3. The molecule has 2 N–H and O–H groups in total. The van der Waals surface area contributed by atoms with Crippen LogP contribution < -0.4 is 15.5 Å². The lowest BCUT2D eigenvalue weighted by atomic mass is 10.0. The predicted octanol–water partition coefficient (Wildman–Crippen LogP) is 1.93. The van der Waals surface area contributed by atoms with Gasteiger partial charge in [0, 0.05) is 55.9 Å². The average Bonchev–Trinajstić information content (AvgIpc) is 3.29. The summed E-state index contributed by atoms with van der Waals surface area (Å²) in [7, 11) is 3.82. The van der Waals surface area contributed by atoms with E-state index in [2.05, 4.69) is 26.5 Å². The molecule has 3 rings (SSSR count). The molecule has 1 aliphatic heterocycles. The van der Waals surface area contributed by atoms with Gasteiger partial charge >= 0.3 is 11.8 Å². The van der Waals surface area contributed by atoms with Crippen molar-refractivity contribution in [2.75, 3.05) is 58.3 Å². The van der Waals surface area contributed by atoms with Gasteiger partial charge in [0.25, 0.3) is 0 Å². The SMILES string of the molecule is C[C@@H](NC(=O)C(=O)NCCN(C)C)[C@@H](c1cccs1)N1CCN(c2ccc(F)cc2)CC1. The molecule has 0 unspecified atom stereocenters. The van der Waals surface area contributed by atoms with E-state index in [-0.39, 0.29) is 17.9 Å². The zero-order chi connectivity index (χ0) is 23.1. The van der Waals surface area contributed by atoms with Gasteiger partial charge in [-0.25, -0.2) is 4.39 Å². The quantitative estimate of drug-likeness (QED) is 0.588. The molecule has 1 fully saturated rings. The van der Waals surface area contributed by atoms with Crippen LogP contribution in [0.2, 0.25) is 0 Å². The van der Waals surface area contributed by atoms with Crippen molar-refractivity contribution in [1.82, 2.24) is 20.4 Å². The lowest BCUT2D eigenvalue weighted by Gasteiger charge is -2.42. The fourth-order valence-corrected chi connectivity index (χ4v) is 4.90. The Balaban J connectivity index is 1.61. The maximum Gasteiger partial charge on any atom is 0.309 e. The Kier molecular flexibility index (Phi) is 8.60. The first-order valence-corrected chi connectivity index (χ1v) is 11.7. The van der Waals surface area contributed by atoms with E-state index in [1.807, 2.05) is 37.4 Å². The molecule has 174 valence electrons. The number of carbonyl (C=O) groups is 2. The number of hydrogen-bond donors (Lipinski definition) is 2. The van der Waals surface area contributed by atoms with Crippen molar-refractivity contribution >= 4 is 28.8 Å². The van der Waals surface area contributed by atoms with Crippen LogP contribution in [0, 0.1) is 5.82 Å². The lowest BCUT2D eigenvalue weighted by Crippen LogP contribution is -2.54. The fourth-order valence-electron chi connectivity index (χ4n) is 3.94. The minimum Gasteiger partial charge on any atom is -0.369 e. The zero-order valence-corrected chi connectivity index (χ0v) is 19.7. The van der Waals surface area contributed by atoms with Crippen LogP contribution in [0.4, 0.5) is 10.1 Å². The summed E-state index contributed by atoms with van der Waals surface area (Å²) in [5.41, 5.74) is 1.01. The predicted molar refractivity (Wildman–Crippen MR) is 126 cm³/mol. The highest BCUT2D eigenvalue weighted by Gasteiger charge is 2.31. The Labute approximate surface area is 193 Å². The highest BCUT2D eigenvalue weighted by atomic mass is 32.1. The largest absolute Gasteiger partial charge is 0.369 e. The number of piperazine rings is 1. The van der Waals surface area contributed by atoms with Crippen LogP contribution in [0.5, 0.6) is 0 Å². The minimum atomic E-state index is -0.609. The summed E-state index contributed by atoms with van der Waals surface area (Å²) >= 11 is 1.65. The Morgan fingerprint density at radius 2 is 1.78 bits per heavy atom. The molecule has 2 heterocycles. The Morgan fingerprint density at radius 3 is 2.38 bits per heavy atom. The molecule has 2 amide bonds. The molecule has 32 heavy (non-hydrogen) atoms. The van der Waals surface area contributed by atoms with Gasteiger partial charge in [-0.1, -0.05) is 6.07 Å². The second-order valence-electron chi connectivity index (χ2n) is 8.28. The van der Waals surface area contributed by atoms with Gasteiger partial charge < -0.3 is 20.4 Å². The van der Waals surface area contributed by atoms with Crippen LogP contribution >= 0.6 is 11.3 Å². The minimum absolute atomic E-state index is 0.0242. The number of amides is 2. The van der Waals surface area contributed by atoms with Gasteiger partial charge in [0.2, 0.25) is 0 Å². The second-order valence-corrected chi connectivity index (χ2v) is 9.26. The molecule has 2 aromatic rings. The summed E-state index contributed by atoms with van der Waals surface area (Å²) in [5, 5.41) is 7.59. The van der Waals surface area contributed by atoms with Crippen LogP contribution in [0.1, 0.15) is 17.8 Å². The third-order valence-electron chi connectivity index (χ3n) is 5.62. The standard InChI is InChI=1S/C23H32FN5O2S/c1-17(26-23(31)22(30)25-10-11-27(2)3)21(20-5-4-16-32-20)29-14-12-28(13-15-29)19-8-6-18(24)7-9-19/h4-9,16-17,21H,10-15H2,1-3H3,(H,25,30)(H,26,31)/t17-,21+/m1/s1. The second kappa shape index (κ2) is 11.4. The van der Waals surface area contributed by atoms with Gasteiger partial charge in [0.15, 0.2) is 0 Å². The molecule has 9 heteroatoms. The monoisotopic (exact) mass is 461 g/mol. The maximum atomic E-state index is 13.2. The number of hydrogen-bond acceptors (Lipinski definition) is 6. The van der Waals surface area contributed by atoms with E-state index in [0.29, 0.717) is 13.1 Å². The number of benzene rings is 1. The van der Waals surface area contributed by atoms with E-state index in [4.69, 9.17) is 0 Å². The number of nitrogens with one attached hydrogen (secondary N) is 2. The van der Waals surface area contributed by atoms with Crippen molar-refractivity contribution < 1.29 is 14.0 Å². The number of thiophene rings is 1. The van der Waals surface area contributed by atoms with Crippen molar-refractivity contribution in [2.24, 2.45) is 0 Å². The van der Waals surface area contributed by atoms with E-state index < -0.39 is 11.8 Å². The third kappa shape index (κ3) is 6.51. The van der Waals surface area contributed by atoms with Gasteiger partial charge in [-0.15, -0.1) is 11.3 Å². The van der Waals surface area contributed by atoms with Gasteiger partial charge in [-0.2, -0.15) is 0 Å². The van der Waals surface area contributed by atoms with Crippen LogP contribution in [0.25, 0.3) is 0 Å². The first-order valence-electron chi connectivity index (χ1n) is 10.9. The van der Waals surface area contributed by atoms with Crippen molar-refractivity contribution in [1.29, 1.82) is 0 Å². The number of rotatable bonds is 8. The number of likely N-dealkylation sites (N-methyl/N-ethyl adjacent to an activating group) is 1. The summed E-state index contributed by atoms with van der Waals surface area (Å²) in [4.78, 5) is 32.3. The normalized spacial score (nSPS) is 16.6. The molecule has 1 aromatic heterocycles. The number of halogens is 1. The van der Waals surface area contributed by atoms with Crippen LogP contribution in [-0.4, -0.2) is 81.0 Å². The van der Waals surface area contributed by atoms with E-state index in [1.165, 1.54) is 12.1 Å². The molecule has 0 radical (unpaired) electrons. The Hall–Kier alpha value is -2.49. The van der Waals surface area contributed by atoms with E-state index >= 15 is 0 Å².